The molecule has 0 aliphatic rings. The van der Waals surface area contributed by atoms with Gasteiger partial charge < -0.3 is 10.3 Å². The molecule has 2 N–H and O–H groups in total. The predicted octanol–water partition coefficient (Wildman–Crippen LogP) is 5.71. The number of nitrogens with one attached hydrogen (secondary N) is 2. The van der Waals surface area contributed by atoms with Gasteiger partial charge in [0, 0.05) is 16.1 Å². The maximum Gasteiger partial charge on any atom is 0.416 e. The zero-order valence-electron chi connectivity index (χ0n) is 16.6. The van der Waals surface area contributed by atoms with Crippen molar-refractivity contribution < 1.29 is 18.0 Å². The molecule has 2 aromatic heterocycles. The fourth-order valence-corrected chi connectivity index (χ4v) is 4.99. The van der Waals surface area contributed by atoms with Crippen LogP contribution in [0.5, 0.6) is 0 Å². The summed E-state index contributed by atoms with van der Waals surface area (Å²) >= 11 is 2.39. The van der Waals surface area contributed by atoms with E-state index < -0.39 is 17.6 Å². The molecule has 32 heavy (non-hydrogen) atoms. The van der Waals surface area contributed by atoms with Crippen LogP contribution in [0.4, 0.5) is 18.9 Å². The average molecular weight is 476 g/mol. The second kappa shape index (κ2) is 8.79. The van der Waals surface area contributed by atoms with Gasteiger partial charge in [-0.3, -0.25) is 9.59 Å². The van der Waals surface area contributed by atoms with E-state index in [1.54, 1.807) is 0 Å². The highest BCUT2D eigenvalue weighted by Gasteiger charge is 2.30. The van der Waals surface area contributed by atoms with Gasteiger partial charge in [-0.15, -0.1) is 11.3 Å². The minimum absolute atomic E-state index is 0.0451. The fourth-order valence-electron chi connectivity index (χ4n) is 3.22. The third kappa shape index (κ3) is 4.71. The molecule has 5 nitrogen and oxygen atoms in total. The van der Waals surface area contributed by atoms with Gasteiger partial charge in [0.15, 0.2) is 5.16 Å². The summed E-state index contributed by atoms with van der Waals surface area (Å²) in [6.45, 7) is 1.92. The second-order valence-corrected chi connectivity index (χ2v) is 9.03. The van der Waals surface area contributed by atoms with Crippen molar-refractivity contribution in [3.63, 3.8) is 0 Å². The summed E-state index contributed by atoms with van der Waals surface area (Å²) in [5.41, 5.74) is 0.645. The molecule has 0 radical (unpaired) electrons. The number of amides is 1. The van der Waals surface area contributed by atoms with E-state index in [1.807, 2.05) is 37.3 Å². The molecule has 164 valence electrons. The first kappa shape index (κ1) is 22.1. The number of benzene rings is 2. The van der Waals surface area contributed by atoms with Crippen molar-refractivity contribution in [1.82, 2.24) is 9.97 Å². The Morgan fingerprint density at radius 2 is 1.91 bits per heavy atom. The van der Waals surface area contributed by atoms with Crippen LogP contribution in [0, 0.1) is 6.92 Å². The number of hydrogen-bond donors (Lipinski definition) is 2. The van der Waals surface area contributed by atoms with E-state index in [2.05, 4.69) is 15.3 Å². The second-order valence-electron chi connectivity index (χ2n) is 6.87. The first-order chi connectivity index (χ1) is 15.2. The molecule has 0 aliphatic heterocycles. The summed E-state index contributed by atoms with van der Waals surface area (Å²) in [5, 5.41) is 3.20. The first-order valence-corrected chi connectivity index (χ1v) is 11.2. The van der Waals surface area contributed by atoms with Gasteiger partial charge in [-0.25, -0.2) is 4.98 Å². The van der Waals surface area contributed by atoms with E-state index in [4.69, 9.17) is 0 Å². The normalized spacial score (nSPS) is 11.6. The van der Waals surface area contributed by atoms with Crippen molar-refractivity contribution in [2.24, 2.45) is 0 Å². The number of nitrogens with zero attached hydrogens (tertiary/aromatic N) is 1. The standard InChI is InChI=1S/C22H16F3N3O2S2/c1-12-17(13-6-3-2-4-7-13)18-19(30)27-21(28-20(18)32-12)31-11-16(29)26-15-9-5-8-14(10-15)22(23,24)25/h2-10H,11H2,1H3,(H,26,29)(H,27,28,30). The van der Waals surface area contributed by atoms with E-state index >= 15 is 0 Å². The Hall–Kier alpha value is -3.11. The third-order valence-electron chi connectivity index (χ3n) is 4.59. The molecule has 0 bridgehead atoms. The lowest BCUT2D eigenvalue weighted by Crippen LogP contribution is -2.16. The Labute approximate surface area is 188 Å². The van der Waals surface area contributed by atoms with Crippen LogP contribution >= 0.6 is 23.1 Å². The lowest BCUT2D eigenvalue weighted by atomic mass is 10.0. The molecule has 0 aliphatic carbocycles. The first-order valence-electron chi connectivity index (χ1n) is 9.41. The number of rotatable bonds is 5. The quantitative estimate of drug-likeness (QED) is 0.286. The van der Waals surface area contributed by atoms with Crippen molar-refractivity contribution in [2.45, 2.75) is 18.3 Å². The SMILES string of the molecule is Cc1sc2nc(SCC(=O)Nc3cccc(C(F)(F)F)c3)[nH]c(=O)c2c1-c1ccccc1. The van der Waals surface area contributed by atoms with E-state index in [9.17, 15) is 22.8 Å². The Morgan fingerprint density at radius 3 is 2.62 bits per heavy atom. The average Bonchev–Trinajstić information content (AvgIpc) is 3.09. The lowest BCUT2D eigenvalue weighted by molar-refractivity contribution is -0.137. The van der Waals surface area contributed by atoms with Crippen molar-refractivity contribution in [1.29, 1.82) is 0 Å². The number of aromatic nitrogens is 2. The van der Waals surface area contributed by atoms with Crippen LogP contribution in [0.1, 0.15) is 10.4 Å². The van der Waals surface area contributed by atoms with Crippen molar-refractivity contribution >= 4 is 44.9 Å². The van der Waals surface area contributed by atoms with Gasteiger partial charge in [0.1, 0.15) is 4.83 Å². The van der Waals surface area contributed by atoms with Crippen LogP contribution in [0.25, 0.3) is 21.3 Å². The topological polar surface area (TPSA) is 74.8 Å². The highest BCUT2D eigenvalue weighted by atomic mass is 32.2. The third-order valence-corrected chi connectivity index (χ3v) is 6.46. The van der Waals surface area contributed by atoms with Gasteiger partial charge >= 0.3 is 6.18 Å². The van der Waals surface area contributed by atoms with Gasteiger partial charge in [-0.2, -0.15) is 13.2 Å². The Balaban J connectivity index is 1.51. The Morgan fingerprint density at radius 1 is 1.16 bits per heavy atom. The number of aryl methyl sites for hydroxylation is 1. The molecule has 0 spiro atoms. The molecule has 10 heteroatoms. The monoisotopic (exact) mass is 475 g/mol. The summed E-state index contributed by atoms with van der Waals surface area (Å²) in [6.07, 6.45) is -4.49. The highest BCUT2D eigenvalue weighted by Crippen LogP contribution is 2.36. The molecule has 2 heterocycles. The number of H-pyrrole nitrogens is 1. The fraction of sp³-hybridized carbons (Fsp3) is 0.136. The maximum atomic E-state index is 12.8. The van der Waals surface area contributed by atoms with Crippen LogP contribution in [-0.2, 0) is 11.0 Å². The van der Waals surface area contributed by atoms with Crippen molar-refractivity contribution in [2.75, 3.05) is 11.1 Å². The molecule has 0 saturated heterocycles. The molecule has 2 aromatic carbocycles. The molecular formula is C22H16F3N3O2S2. The summed E-state index contributed by atoms with van der Waals surface area (Å²) in [6, 6.07) is 13.9. The van der Waals surface area contributed by atoms with E-state index in [0.29, 0.717) is 10.2 Å². The molecule has 4 rings (SSSR count). The molecule has 0 unspecified atom stereocenters. The van der Waals surface area contributed by atoms with Crippen LogP contribution < -0.4 is 10.9 Å². The number of carbonyl (C=O) groups is 1. The zero-order chi connectivity index (χ0) is 22.9. The van der Waals surface area contributed by atoms with Crippen molar-refractivity contribution in [3.8, 4) is 11.1 Å². The van der Waals surface area contributed by atoms with Crippen LogP contribution in [0.2, 0.25) is 0 Å². The van der Waals surface area contributed by atoms with E-state index in [1.165, 1.54) is 23.5 Å². The Bertz CT molecular complexity index is 1350. The van der Waals surface area contributed by atoms with Gasteiger partial charge in [-0.05, 0) is 30.7 Å². The molecule has 0 fully saturated rings. The number of thioether (sulfide) groups is 1. The molecule has 1 amide bonds. The predicted molar refractivity (Wildman–Crippen MR) is 121 cm³/mol. The molecule has 0 saturated carbocycles. The summed E-state index contributed by atoms with van der Waals surface area (Å²) < 4.78 is 38.5. The van der Waals surface area contributed by atoms with Crippen LogP contribution in [0.15, 0.2) is 64.5 Å². The number of alkyl halides is 3. The maximum absolute atomic E-state index is 12.8. The lowest BCUT2D eigenvalue weighted by Gasteiger charge is -2.09. The number of hydrogen-bond acceptors (Lipinski definition) is 5. The number of fused-ring (bicyclic) bond motifs is 1. The summed E-state index contributed by atoms with van der Waals surface area (Å²) in [5.74, 6) is -0.634. The molecular weight excluding hydrogens is 459 g/mol. The zero-order valence-corrected chi connectivity index (χ0v) is 18.3. The van der Waals surface area contributed by atoms with Gasteiger partial charge in [0.25, 0.3) is 5.56 Å². The summed E-state index contributed by atoms with van der Waals surface area (Å²) in [4.78, 5) is 33.6. The van der Waals surface area contributed by atoms with Gasteiger partial charge in [0.2, 0.25) is 5.91 Å². The summed E-state index contributed by atoms with van der Waals surface area (Å²) in [7, 11) is 0. The molecule has 0 atom stereocenters. The number of thiophene rings is 1. The minimum atomic E-state index is -4.49. The van der Waals surface area contributed by atoms with Crippen molar-refractivity contribution in [3.05, 3.63) is 75.4 Å². The van der Waals surface area contributed by atoms with E-state index in [0.717, 1.165) is 39.9 Å². The van der Waals surface area contributed by atoms with Crippen LogP contribution in [-0.4, -0.2) is 21.6 Å². The van der Waals surface area contributed by atoms with E-state index in [-0.39, 0.29) is 22.2 Å². The Kier molecular flexibility index (Phi) is 6.07. The number of anilines is 1. The number of carbonyl (C=O) groups excluding carboxylic acids is 1. The number of halogens is 3. The largest absolute Gasteiger partial charge is 0.416 e. The van der Waals surface area contributed by atoms with Gasteiger partial charge in [-0.1, -0.05) is 48.2 Å². The minimum Gasteiger partial charge on any atom is -0.325 e. The highest BCUT2D eigenvalue weighted by molar-refractivity contribution is 7.99. The number of aromatic amines is 1. The van der Waals surface area contributed by atoms with Crippen LogP contribution in [0.3, 0.4) is 0 Å². The molecule has 4 aromatic rings. The van der Waals surface area contributed by atoms with Gasteiger partial charge in [0.05, 0.1) is 16.7 Å². The smallest absolute Gasteiger partial charge is 0.325 e.